The third-order valence-electron chi connectivity index (χ3n) is 3.92. The second-order valence-corrected chi connectivity index (χ2v) is 6.53. The minimum absolute atomic E-state index is 0.0191. The van der Waals surface area contributed by atoms with Crippen molar-refractivity contribution < 1.29 is 9.53 Å². The van der Waals surface area contributed by atoms with Crippen molar-refractivity contribution in [3.05, 3.63) is 82.6 Å². The summed E-state index contributed by atoms with van der Waals surface area (Å²) in [6.45, 7) is 2.04. The molecule has 1 heterocycles. The molecule has 1 atom stereocenters. The van der Waals surface area contributed by atoms with Crippen molar-refractivity contribution in [2.45, 2.75) is 13.0 Å². The zero-order valence-corrected chi connectivity index (χ0v) is 14.5. The highest BCUT2D eigenvalue weighted by Crippen LogP contribution is 2.26. The van der Waals surface area contributed by atoms with E-state index in [0.717, 1.165) is 5.75 Å². The fourth-order valence-electron chi connectivity index (χ4n) is 2.42. The minimum atomic E-state index is -0.0191. The lowest BCUT2D eigenvalue weighted by atomic mass is 10.1. The quantitative estimate of drug-likeness (QED) is 0.626. The molecule has 0 aliphatic rings. The third-order valence-corrected chi connectivity index (χ3v) is 4.96. The van der Waals surface area contributed by atoms with Crippen LogP contribution in [0.4, 0.5) is 0 Å². The van der Waals surface area contributed by atoms with Gasteiger partial charge in [0, 0.05) is 17.5 Å². The Bertz CT molecular complexity index is 800. The van der Waals surface area contributed by atoms with Gasteiger partial charge in [0.2, 0.25) is 0 Å². The maximum atomic E-state index is 12.8. The van der Waals surface area contributed by atoms with Gasteiger partial charge in [-0.3, -0.25) is 4.79 Å². The zero-order chi connectivity index (χ0) is 16.9. The summed E-state index contributed by atoms with van der Waals surface area (Å²) in [4.78, 5) is 15.7. The molecule has 1 amide bonds. The molecule has 122 valence electrons. The molecule has 0 saturated carbocycles. The molecule has 0 unspecified atom stereocenters. The van der Waals surface area contributed by atoms with Crippen molar-refractivity contribution in [2.24, 2.45) is 0 Å². The number of amides is 1. The normalized spacial score (nSPS) is 11.8. The van der Waals surface area contributed by atoms with Gasteiger partial charge in [-0.1, -0.05) is 30.3 Å². The van der Waals surface area contributed by atoms with Gasteiger partial charge in [-0.15, -0.1) is 11.3 Å². The van der Waals surface area contributed by atoms with Gasteiger partial charge in [0.1, 0.15) is 11.5 Å². The maximum absolute atomic E-state index is 12.8. The molecule has 0 saturated heterocycles. The van der Waals surface area contributed by atoms with Crippen LogP contribution in [0.2, 0.25) is 0 Å². The molecule has 1 aromatic heterocycles. The van der Waals surface area contributed by atoms with Crippen molar-refractivity contribution in [1.82, 2.24) is 4.90 Å². The number of para-hydroxylation sites is 1. The Balaban J connectivity index is 1.76. The first-order chi connectivity index (χ1) is 11.6. The first kappa shape index (κ1) is 16.3. The van der Waals surface area contributed by atoms with Crippen LogP contribution < -0.4 is 4.74 Å². The molecule has 24 heavy (non-hydrogen) atoms. The second kappa shape index (κ2) is 7.32. The van der Waals surface area contributed by atoms with Crippen LogP contribution in [0.5, 0.6) is 11.5 Å². The van der Waals surface area contributed by atoms with Gasteiger partial charge in [-0.05, 0) is 48.7 Å². The van der Waals surface area contributed by atoms with E-state index < -0.39 is 0 Å². The van der Waals surface area contributed by atoms with Gasteiger partial charge < -0.3 is 9.64 Å². The van der Waals surface area contributed by atoms with Gasteiger partial charge in [0.25, 0.3) is 5.91 Å². The summed E-state index contributed by atoms with van der Waals surface area (Å²) in [7, 11) is 1.83. The maximum Gasteiger partial charge on any atom is 0.254 e. The molecular formula is C20H19NO2S. The van der Waals surface area contributed by atoms with Crippen molar-refractivity contribution in [3.8, 4) is 11.5 Å². The number of hydrogen-bond donors (Lipinski definition) is 0. The molecule has 0 bridgehead atoms. The smallest absolute Gasteiger partial charge is 0.254 e. The average Bonchev–Trinajstić information content (AvgIpc) is 3.15. The molecule has 2 aromatic carbocycles. The van der Waals surface area contributed by atoms with Crippen LogP contribution in [-0.4, -0.2) is 17.9 Å². The third kappa shape index (κ3) is 3.66. The van der Waals surface area contributed by atoms with E-state index in [1.54, 1.807) is 22.3 Å². The summed E-state index contributed by atoms with van der Waals surface area (Å²) in [5.74, 6) is 1.39. The number of nitrogens with zero attached hydrogens (tertiary/aromatic N) is 1. The van der Waals surface area contributed by atoms with E-state index in [1.807, 2.05) is 80.0 Å². The number of hydrogen-bond acceptors (Lipinski definition) is 3. The van der Waals surface area contributed by atoms with Crippen molar-refractivity contribution in [1.29, 1.82) is 0 Å². The lowest BCUT2D eigenvalue weighted by Gasteiger charge is -2.24. The van der Waals surface area contributed by atoms with E-state index in [0.29, 0.717) is 11.3 Å². The Labute approximate surface area is 146 Å². The zero-order valence-electron chi connectivity index (χ0n) is 13.7. The highest BCUT2D eigenvalue weighted by Gasteiger charge is 2.20. The Morgan fingerprint density at radius 1 is 1.00 bits per heavy atom. The number of thiophene rings is 1. The predicted octanol–water partition coefficient (Wildman–Crippen LogP) is 5.37. The molecule has 0 fully saturated rings. The Hall–Kier alpha value is -2.59. The van der Waals surface area contributed by atoms with Crippen molar-refractivity contribution in [2.75, 3.05) is 7.05 Å². The van der Waals surface area contributed by atoms with Crippen LogP contribution in [-0.2, 0) is 0 Å². The van der Waals surface area contributed by atoms with Crippen molar-refractivity contribution >= 4 is 17.2 Å². The second-order valence-electron chi connectivity index (χ2n) is 5.55. The molecule has 0 spiro atoms. The van der Waals surface area contributed by atoms with Gasteiger partial charge in [0.15, 0.2) is 0 Å². The van der Waals surface area contributed by atoms with E-state index in [9.17, 15) is 4.79 Å². The van der Waals surface area contributed by atoms with Gasteiger partial charge >= 0.3 is 0 Å². The van der Waals surface area contributed by atoms with Crippen LogP contribution in [0.25, 0.3) is 0 Å². The number of carbonyl (C=O) groups excluding carboxylic acids is 1. The Morgan fingerprint density at radius 3 is 2.46 bits per heavy atom. The summed E-state index contributed by atoms with van der Waals surface area (Å²) in [5.41, 5.74) is 0.620. The predicted molar refractivity (Wildman–Crippen MR) is 97.8 cm³/mol. The summed E-state index contributed by atoms with van der Waals surface area (Å²) in [5, 5.41) is 2.03. The molecule has 0 aliphatic carbocycles. The van der Waals surface area contributed by atoms with Gasteiger partial charge in [-0.2, -0.15) is 0 Å². The van der Waals surface area contributed by atoms with E-state index in [2.05, 4.69) is 0 Å². The largest absolute Gasteiger partial charge is 0.457 e. The highest BCUT2D eigenvalue weighted by molar-refractivity contribution is 7.10. The Morgan fingerprint density at radius 2 is 1.75 bits per heavy atom. The first-order valence-electron chi connectivity index (χ1n) is 7.78. The van der Waals surface area contributed by atoms with Crippen LogP contribution in [0.3, 0.4) is 0 Å². The number of rotatable bonds is 5. The summed E-state index contributed by atoms with van der Waals surface area (Å²) in [6.07, 6.45) is 0. The van der Waals surface area contributed by atoms with Crippen molar-refractivity contribution in [3.63, 3.8) is 0 Å². The Kier molecular flexibility index (Phi) is 4.96. The molecule has 0 aliphatic heterocycles. The first-order valence-corrected chi connectivity index (χ1v) is 8.66. The number of carbonyl (C=O) groups is 1. The van der Waals surface area contributed by atoms with Crippen LogP contribution in [0.1, 0.15) is 28.2 Å². The van der Waals surface area contributed by atoms with Crippen LogP contribution >= 0.6 is 11.3 Å². The molecular weight excluding hydrogens is 318 g/mol. The summed E-state index contributed by atoms with van der Waals surface area (Å²) >= 11 is 1.66. The van der Waals surface area contributed by atoms with E-state index in [4.69, 9.17) is 4.74 Å². The summed E-state index contributed by atoms with van der Waals surface area (Å²) in [6, 6.07) is 20.9. The fraction of sp³-hybridized carbons (Fsp3) is 0.150. The highest BCUT2D eigenvalue weighted by atomic mass is 32.1. The molecule has 3 aromatic rings. The molecule has 4 heteroatoms. The fourth-order valence-corrected chi connectivity index (χ4v) is 3.24. The molecule has 3 nitrogen and oxygen atoms in total. The number of benzene rings is 2. The lowest BCUT2D eigenvalue weighted by molar-refractivity contribution is 0.0744. The molecule has 3 rings (SSSR count). The monoisotopic (exact) mass is 337 g/mol. The lowest BCUT2D eigenvalue weighted by Crippen LogP contribution is -2.29. The topological polar surface area (TPSA) is 29.5 Å². The number of ether oxygens (including phenoxy) is 1. The molecule has 0 N–H and O–H groups in total. The SMILES string of the molecule is C[C@H](c1cccs1)N(C)C(=O)c1cccc(Oc2ccccc2)c1. The van der Waals surface area contributed by atoms with Crippen LogP contribution in [0.15, 0.2) is 72.1 Å². The van der Waals surface area contributed by atoms with Gasteiger partial charge in [-0.25, -0.2) is 0 Å². The van der Waals surface area contributed by atoms with Gasteiger partial charge in [0.05, 0.1) is 6.04 Å². The summed E-state index contributed by atoms with van der Waals surface area (Å²) < 4.78 is 5.81. The average molecular weight is 337 g/mol. The standard InChI is InChI=1S/C20H19NO2S/c1-15(19-12-7-13-24-19)21(2)20(22)16-8-6-11-18(14-16)23-17-9-4-3-5-10-17/h3-15H,1-2H3/t15-/m1/s1. The van der Waals surface area contributed by atoms with Crippen LogP contribution in [0, 0.1) is 0 Å². The minimum Gasteiger partial charge on any atom is -0.457 e. The molecule has 0 radical (unpaired) electrons. The van der Waals surface area contributed by atoms with E-state index >= 15 is 0 Å². The van der Waals surface area contributed by atoms with E-state index in [-0.39, 0.29) is 11.9 Å². The van der Waals surface area contributed by atoms with E-state index in [1.165, 1.54) is 4.88 Å².